The van der Waals surface area contributed by atoms with Gasteiger partial charge in [0, 0.05) is 0 Å². The Bertz CT molecular complexity index is 414. The highest BCUT2D eigenvalue weighted by Crippen LogP contribution is 2.11. The SMILES string of the molecule is Cc1ccc(OCCC(=O)N[C@H](C)C(=O)O)cc1. The molecule has 18 heavy (non-hydrogen) atoms. The first-order chi connectivity index (χ1) is 8.49. The molecule has 0 saturated heterocycles. The van der Waals surface area contributed by atoms with Crippen molar-refractivity contribution in [3.63, 3.8) is 0 Å². The van der Waals surface area contributed by atoms with Gasteiger partial charge in [0.2, 0.25) is 5.91 Å². The maximum absolute atomic E-state index is 11.3. The van der Waals surface area contributed by atoms with Crippen molar-refractivity contribution in [2.45, 2.75) is 26.3 Å². The van der Waals surface area contributed by atoms with Crippen molar-refractivity contribution in [2.24, 2.45) is 0 Å². The molecule has 0 spiro atoms. The Morgan fingerprint density at radius 3 is 2.50 bits per heavy atom. The molecule has 0 heterocycles. The van der Waals surface area contributed by atoms with Gasteiger partial charge in [-0.3, -0.25) is 9.59 Å². The average Bonchev–Trinajstić information content (AvgIpc) is 2.31. The number of aryl methyl sites for hydroxylation is 1. The Morgan fingerprint density at radius 2 is 1.94 bits per heavy atom. The number of amides is 1. The van der Waals surface area contributed by atoms with Crippen LogP contribution in [0.25, 0.3) is 0 Å². The summed E-state index contributed by atoms with van der Waals surface area (Å²) in [5, 5.41) is 11.0. The third-order valence-electron chi connectivity index (χ3n) is 2.37. The second-order valence-corrected chi connectivity index (χ2v) is 4.04. The lowest BCUT2D eigenvalue weighted by Crippen LogP contribution is -2.38. The van der Waals surface area contributed by atoms with Crippen LogP contribution in [0, 0.1) is 6.92 Å². The Hall–Kier alpha value is -2.04. The number of rotatable bonds is 6. The summed E-state index contributed by atoms with van der Waals surface area (Å²) in [6.45, 7) is 3.62. The summed E-state index contributed by atoms with van der Waals surface area (Å²) in [7, 11) is 0. The van der Waals surface area contributed by atoms with Crippen molar-refractivity contribution in [3.05, 3.63) is 29.8 Å². The fraction of sp³-hybridized carbons (Fsp3) is 0.385. The molecule has 2 N–H and O–H groups in total. The highest BCUT2D eigenvalue weighted by molar-refractivity contribution is 5.83. The largest absolute Gasteiger partial charge is 0.493 e. The lowest BCUT2D eigenvalue weighted by atomic mass is 10.2. The highest BCUT2D eigenvalue weighted by Gasteiger charge is 2.13. The zero-order valence-electron chi connectivity index (χ0n) is 10.5. The Labute approximate surface area is 106 Å². The summed E-state index contributed by atoms with van der Waals surface area (Å²) in [6, 6.07) is 6.61. The number of carboxylic acid groups (broad SMARTS) is 1. The summed E-state index contributed by atoms with van der Waals surface area (Å²) in [5.74, 6) is -0.695. The molecule has 5 nitrogen and oxygen atoms in total. The number of carbonyl (C=O) groups is 2. The molecule has 0 aliphatic rings. The fourth-order valence-electron chi connectivity index (χ4n) is 1.27. The summed E-state index contributed by atoms with van der Waals surface area (Å²) in [4.78, 5) is 21.9. The molecule has 0 unspecified atom stereocenters. The molecule has 1 aromatic carbocycles. The number of hydrogen-bond donors (Lipinski definition) is 2. The molecule has 0 aliphatic carbocycles. The van der Waals surface area contributed by atoms with Crippen LogP contribution < -0.4 is 10.1 Å². The van der Waals surface area contributed by atoms with Gasteiger partial charge in [0.25, 0.3) is 0 Å². The predicted octanol–water partition coefficient (Wildman–Crippen LogP) is 1.35. The number of carboxylic acids is 1. The third kappa shape index (κ3) is 4.86. The zero-order chi connectivity index (χ0) is 13.5. The molecule has 1 aromatic rings. The van der Waals surface area contributed by atoms with E-state index in [9.17, 15) is 9.59 Å². The molecule has 5 heteroatoms. The molecule has 0 bridgehead atoms. The minimum Gasteiger partial charge on any atom is -0.493 e. The smallest absolute Gasteiger partial charge is 0.325 e. The van der Waals surface area contributed by atoms with E-state index in [1.807, 2.05) is 31.2 Å². The van der Waals surface area contributed by atoms with Crippen LogP contribution in [0.5, 0.6) is 5.75 Å². The Morgan fingerprint density at radius 1 is 1.33 bits per heavy atom. The average molecular weight is 251 g/mol. The first-order valence-corrected chi connectivity index (χ1v) is 5.70. The molecule has 0 radical (unpaired) electrons. The lowest BCUT2D eigenvalue weighted by molar-refractivity contribution is -0.141. The van der Waals surface area contributed by atoms with Gasteiger partial charge in [-0.1, -0.05) is 17.7 Å². The monoisotopic (exact) mass is 251 g/mol. The summed E-state index contributed by atoms with van der Waals surface area (Å²) >= 11 is 0. The van der Waals surface area contributed by atoms with Crippen LogP contribution in [0.1, 0.15) is 18.9 Å². The molecule has 1 atom stereocenters. The third-order valence-corrected chi connectivity index (χ3v) is 2.37. The van der Waals surface area contributed by atoms with Crippen molar-refractivity contribution in [1.82, 2.24) is 5.32 Å². The van der Waals surface area contributed by atoms with Crippen molar-refractivity contribution < 1.29 is 19.4 Å². The van der Waals surface area contributed by atoms with Gasteiger partial charge in [0.05, 0.1) is 13.0 Å². The van der Waals surface area contributed by atoms with Crippen LogP contribution in [-0.4, -0.2) is 29.6 Å². The van der Waals surface area contributed by atoms with E-state index < -0.39 is 12.0 Å². The molecule has 1 amide bonds. The first-order valence-electron chi connectivity index (χ1n) is 5.70. The van der Waals surface area contributed by atoms with E-state index in [4.69, 9.17) is 9.84 Å². The molecule has 0 saturated carbocycles. The van der Waals surface area contributed by atoms with Crippen molar-refractivity contribution in [1.29, 1.82) is 0 Å². The summed E-state index contributed by atoms with van der Waals surface area (Å²) in [5.41, 5.74) is 1.13. The molecular formula is C13H17NO4. The van der Waals surface area contributed by atoms with E-state index in [1.165, 1.54) is 6.92 Å². The number of carbonyl (C=O) groups excluding carboxylic acids is 1. The van der Waals surface area contributed by atoms with Gasteiger partial charge in [-0.2, -0.15) is 0 Å². The minimum atomic E-state index is -1.05. The van der Waals surface area contributed by atoms with E-state index in [-0.39, 0.29) is 18.9 Å². The van der Waals surface area contributed by atoms with Gasteiger partial charge in [-0.25, -0.2) is 0 Å². The molecule has 0 fully saturated rings. The number of hydrogen-bond acceptors (Lipinski definition) is 3. The van der Waals surface area contributed by atoms with Gasteiger partial charge in [-0.05, 0) is 26.0 Å². The lowest BCUT2D eigenvalue weighted by Gasteiger charge is -2.10. The maximum Gasteiger partial charge on any atom is 0.325 e. The number of benzene rings is 1. The maximum atomic E-state index is 11.3. The second-order valence-electron chi connectivity index (χ2n) is 4.04. The normalized spacial score (nSPS) is 11.7. The molecule has 0 aromatic heterocycles. The minimum absolute atomic E-state index is 0.130. The standard InChI is InChI=1S/C13H17NO4/c1-9-3-5-11(6-4-9)18-8-7-12(15)14-10(2)13(16)17/h3-6,10H,7-8H2,1-2H3,(H,14,15)(H,16,17)/t10-/m1/s1. The molecular weight excluding hydrogens is 234 g/mol. The van der Waals surface area contributed by atoms with E-state index in [0.29, 0.717) is 5.75 Å². The quantitative estimate of drug-likeness (QED) is 0.800. The van der Waals surface area contributed by atoms with Gasteiger partial charge in [-0.15, -0.1) is 0 Å². The summed E-state index contributed by atoms with van der Waals surface area (Å²) in [6.07, 6.45) is 0.130. The van der Waals surface area contributed by atoms with Crippen LogP contribution in [-0.2, 0) is 9.59 Å². The second kappa shape index (κ2) is 6.64. The number of ether oxygens (including phenoxy) is 1. The topological polar surface area (TPSA) is 75.6 Å². The van der Waals surface area contributed by atoms with Crippen molar-refractivity contribution in [2.75, 3.05) is 6.61 Å². The van der Waals surface area contributed by atoms with Crippen LogP contribution in [0.4, 0.5) is 0 Å². The Balaban J connectivity index is 2.27. The molecule has 98 valence electrons. The number of aliphatic carboxylic acids is 1. The van der Waals surface area contributed by atoms with E-state index in [0.717, 1.165) is 5.56 Å². The van der Waals surface area contributed by atoms with Crippen LogP contribution in [0.15, 0.2) is 24.3 Å². The van der Waals surface area contributed by atoms with Crippen LogP contribution in [0.2, 0.25) is 0 Å². The highest BCUT2D eigenvalue weighted by atomic mass is 16.5. The van der Waals surface area contributed by atoms with E-state index in [2.05, 4.69) is 5.32 Å². The van der Waals surface area contributed by atoms with Crippen LogP contribution >= 0.6 is 0 Å². The van der Waals surface area contributed by atoms with E-state index >= 15 is 0 Å². The fourth-order valence-corrected chi connectivity index (χ4v) is 1.27. The molecule has 0 aliphatic heterocycles. The van der Waals surface area contributed by atoms with Gasteiger partial charge >= 0.3 is 5.97 Å². The number of nitrogens with one attached hydrogen (secondary N) is 1. The summed E-state index contributed by atoms with van der Waals surface area (Å²) < 4.78 is 5.37. The van der Waals surface area contributed by atoms with Gasteiger partial charge < -0.3 is 15.2 Å². The predicted molar refractivity (Wildman–Crippen MR) is 66.5 cm³/mol. The van der Waals surface area contributed by atoms with Gasteiger partial charge in [0.15, 0.2) is 0 Å². The zero-order valence-corrected chi connectivity index (χ0v) is 10.5. The Kier molecular flexibility index (Phi) is 5.17. The molecule has 1 rings (SSSR count). The van der Waals surface area contributed by atoms with Crippen molar-refractivity contribution in [3.8, 4) is 5.75 Å². The van der Waals surface area contributed by atoms with E-state index in [1.54, 1.807) is 0 Å². The van der Waals surface area contributed by atoms with Crippen molar-refractivity contribution >= 4 is 11.9 Å². The van der Waals surface area contributed by atoms with Gasteiger partial charge in [0.1, 0.15) is 11.8 Å². The first kappa shape index (κ1) is 14.0. The van der Waals surface area contributed by atoms with Crippen LogP contribution in [0.3, 0.4) is 0 Å².